The van der Waals surface area contributed by atoms with Crippen molar-refractivity contribution in [3.8, 4) is 33.4 Å². The minimum atomic E-state index is -0.137. The van der Waals surface area contributed by atoms with E-state index in [-0.39, 0.29) is 10.8 Å². The molecule has 0 atom stereocenters. The minimum absolute atomic E-state index is 0.0935. The Morgan fingerprint density at radius 2 is 0.821 bits per heavy atom. The average molecular weight is 721 g/mol. The Morgan fingerprint density at radius 3 is 1.52 bits per heavy atom. The van der Waals surface area contributed by atoms with Crippen molar-refractivity contribution in [2.75, 3.05) is 9.80 Å². The van der Waals surface area contributed by atoms with E-state index in [0.717, 1.165) is 17.1 Å². The summed E-state index contributed by atoms with van der Waals surface area (Å²) in [6.07, 6.45) is 0. The van der Waals surface area contributed by atoms with Crippen molar-refractivity contribution in [3.63, 3.8) is 0 Å². The van der Waals surface area contributed by atoms with Gasteiger partial charge in [0, 0.05) is 33.6 Å². The van der Waals surface area contributed by atoms with Crippen LogP contribution in [-0.2, 0) is 10.8 Å². The van der Waals surface area contributed by atoms with Crippen LogP contribution in [0.5, 0.6) is 0 Å². The first-order valence-corrected chi connectivity index (χ1v) is 19.7. The minimum Gasteiger partial charge on any atom is -0.310 e. The Balaban J connectivity index is 1.07. The highest BCUT2D eigenvalue weighted by Crippen LogP contribution is 2.53. The van der Waals surface area contributed by atoms with Gasteiger partial charge >= 0.3 is 0 Å². The molecule has 1 aliphatic carbocycles. The predicted molar refractivity (Wildman–Crippen MR) is 236 cm³/mol. The third kappa shape index (κ3) is 5.39. The zero-order valence-corrected chi connectivity index (χ0v) is 32.4. The van der Waals surface area contributed by atoms with E-state index in [1.54, 1.807) is 0 Å². The summed E-state index contributed by atoms with van der Waals surface area (Å²) in [5.74, 6) is 0. The summed E-state index contributed by atoms with van der Waals surface area (Å²) in [5.41, 5.74) is 19.7. The standard InChI is InChI=1S/C54H44N2/c1-53(2)47-20-12-11-19-45(47)46-33-32-44(36-50(46)53)55(42-28-23-38(24-29-42)37-15-7-5-8-16-37)43-30-25-39(26-31-43)40-27-34-49-52(35-40)56(41-17-9-6-10-18-41)51-22-14-13-21-48(51)54(49,3)4/h5-36H,1-4H3. The molecule has 56 heavy (non-hydrogen) atoms. The monoisotopic (exact) mass is 720 g/mol. The second kappa shape index (κ2) is 13.0. The van der Waals surface area contributed by atoms with Crippen LogP contribution in [0, 0.1) is 0 Å². The van der Waals surface area contributed by atoms with E-state index in [9.17, 15) is 0 Å². The van der Waals surface area contributed by atoms with Crippen molar-refractivity contribution < 1.29 is 0 Å². The van der Waals surface area contributed by atoms with Crippen LogP contribution in [0.25, 0.3) is 33.4 Å². The zero-order valence-electron chi connectivity index (χ0n) is 32.4. The average Bonchev–Trinajstić information content (AvgIpc) is 3.47. The molecule has 270 valence electrons. The molecule has 2 heteroatoms. The predicted octanol–water partition coefficient (Wildman–Crippen LogP) is 14.9. The number of fused-ring (bicyclic) bond motifs is 5. The molecule has 0 saturated heterocycles. The molecule has 0 N–H and O–H groups in total. The highest BCUT2D eigenvalue weighted by atomic mass is 15.2. The van der Waals surface area contributed by atoms with Crippen molar-refractivity contribution >= 4 is 34.1 Å². The molecule has 10 rings (SSSR count). The summed E-state index contributed by atoms with van der Waals surface area (Å²) in [7, 11) is 0. The second-order valence-corrected chi connectivity index (χ2v) is 16.2. The van der Waals surface area contributed by atoms with Gasteiger partial charge in [0.05, 0.1) is 11.4 Å². The third-order valence-corrected chi connectivity index (χ3v) is 12.3. The lowest BCUT2D eigenvalue weighted by molar-refractivity contribution is 0.632. The van der Waals surface area contributed by atoms with Crippen LogP contribution in [0.3, 0.4) is 0 Å². The van der Waals surface area contributed by atoms with E-state index in [1.807, 2.05) is 0 Å². The molecular formula is C54H44N2. The van der Waals surface area contributed by atoms with Crippen LogP contribution < -0.4 is 9.80 Å². The summed E-state index contributed by atoms with van der Waals surface area (Å²) < 4.78 is 0. The maximum atomic E-state index is 2.43. The van der Waals surface area contributed by atoms with Crippen molar-refractivity contribution in [1.29, 1.82) is 0 Å². The van der Waals surface area contributed by atoms with Crippen molar-refractivity contribution in [1.82, 2.24) is 0 Å². The fourth-order valence-corrected chi connectivity index (χ4v) is 9.27. The maximum absolute atomic E-state index is 2.43. The first-order valence-electron chi connectivity index (χ1n) is 19.7. The number of anilines is 6. The summed E-state index contributed by atoms with van der Waals surface area (Å²) in [6, 6.07) is 71.3. The Bertz CT molecular complexity index is 2730. The largest absolute Gasteiger partial charge is 0.310 e. The molecule has 0 bridgehead atoms. The van der Waals surface area contributed by atoms with Crippen LogP contribution in [-0.4, -0.2) is 0 Å². The number of benzene rings is 8. The lowest BCUT2D eigenvalue weighted by Crippen LogP contribution is -2.30. The molecule has 1 heterocycles. The summed E-state index contributed by atoms with van der Waals surface area (Å²) in [6.45, 7) is 9.40. The van der Waals surface area contributed by atoms with E-state index in [2.05, 4.69) is 232 Å². The molecule has 0 aromatic heterocycles. The zero-order chi connectivity index (χ0) is 38.0. The molecule has 8 aromatic carbocycles. The Labute approximate surface area is 331 Å². The molecule has 8 aromatic rings. The second-order valence-electron chi connectivity index (χ2n) is 16.2. The molecule has 0 radical (unpaired) electrons. The molecular weight excluding hydrogens is 677 g/mol. The van der Waals surface area contributed by atoms with E-state index < -0.39 is 0 Å². The molecule has 2 nitrogen and oxygen atoms in total. The fraction of sp³-hybridized carbons (Fsp3) is 0.111. The highest BCUT2D eigenvalue weighted by Gasteiger charge is 2.37. The maximum Gasteiger partial charge on any atom is 0.0508 e. The topological polar surface area (TPSA) is 6.48 Å². The molecule has 1 aliphatic heterocycles. The SMILES string of the molecule is CC1(C)c2ccccc2-c2ccc(N(c3ccc(-c4ccccc4)cc3)c3ccc(-c4ccc5c(c4)N(c4ccccc4)c4ccccc4C5(C)C)cc3)cc21. The van der Waals surface area contributed by atoms with E-state index in [1.165, 1.54) is 72.7 Å². The molecule has 0 amide bonds. The lowest BCUT2D eigenvalue weighted by Gasteiger charge is -2.42. The van der Waals surface area contributed by atoms with Gasteiger partial charge in [-0.05, 0) is 116 Å². The van der Waals surface area contributed by atoms with Crippen LogP contribution in [0.4, 0.5) is 34.1 Å². The highest BCUT2D eigenvalue weighted by molar-refractivity contribution is 5.89. The van der Waals surface area contributed by atoms with Gasteiger partial charge in [0.25, 0.3) is 0 Å². The van der Waals surface area contributed by atoms with Crippen LogP contribution in [0.1, 0.15) is 49.9 Å². The van der Waals surface area contributed by atoms with Gasteiger partial charge in [-0.15, -0.1) is 0 Å². The number of hydrogen-bond acceptors (Lipinski definition) is 2. The number of hydrogen-bond donors (Lipinski definition) is 0. The Hall–Kier alpha value is -6.64. The third-order valence-electron chi connectivity index (χ3n) is 12.3. The fourth-order valence-electron chi connectivity index (χ4n) is 9.27. The molecule has 0 unspecified atom stereocenters. The quantitative estimate of drug-likeness (QED) is 0.169. The number of nitrogens with zero attached hydrogens (tertiary/aromatic N) is 2. The van der Waals surface area contributed by atoms with Gasteiger partial charge in [-0.3, -0.25) is 0 Å². The van der Waals surface area contributed by atoms with Gasteiger partial charge < -0.3 is 9.80 Å². The summed E-state index contributed by atoms with van der Waals surface area (Å²) in [5, 5.41) is 0. The van der Waals surface area contributed by atoms with Gasteiger partial charge in [-0.2, -0.15) is 0 Å². The van der Waals surface area contributed by atoms with E-state index >= 15 is 0 Å². The Morgan fingerprint density at radius 1 is 0.339 bits per heavy atom. The lowest BCUT2D eigenvalue weighted by atomic mass is 9.73. The molecule has 2 aliphatic rings. The van der Waals surface area contributed by atoms with Crippen molar-refractivity contribution in [3.05, 3.63) is 216 Å². The van der Waals surface area contributed by atoms with Gasteiger partial charge in [0.1, 0.15) is 0 Å². The van der Waals surface area contributed by atoms with E-state index in [0.29, 0.717) is 0 Å². The Kier molecular flexibility index (Phi) is 7.87. The number of rotatable bonds is 6. The normalized spacial score (nSPS) is 14.3. The van der Waals surface area contributed by atoms with E-state index in [4.69, 9.17) is 0 Å². The van der Waals surface area contributed by atoms with Gasteiger partial charge in [0.15, 0.2) is 0 Å². The molecule has 0 spiro atoms. The van der Waals surface area contributed by atoms with Gasteiger partial charge in [0.2, 0.25) is 0 Å². The summed E-state index contributed by atoms with van der Waals surface area (Å²) >= 11 is 0. The van der Waals surface area contributed by atoms with Crippen LogP contribution >= 0.6 is 0 Å². The van der Waals surface area contributed by atoms with Crippen LogP contribution in [0.15, 0.2) is 194 Å². The first-order chi connectivity index (χ1) is 27.3. The smallest absolute Gasteiger partial charge is 0.0508 e. The van der Waals surface area contributed by atoms with Gasteiger partial charge in [-0.25, -0.2) is 0 Å². The van der Waals surface area contributed by atoms with Crippen molar-refractivity contribution in [2.45, 2.75) is 38.5 Å². The first kappa shape index (κ1) is 33.9. The molecule has 0 fully saturated rings. The molecule has 0 saturated carbocycles. The summed E-state index contributed by atoms with van der Waals surface area (Å²) in [4.78, 5) is 4.84. The van der Waals surface area contributed by atoms with Gasteiger partial charge in [-0.1, -0.05) is 161 Å². The van der Waals surface area contributed by atoms with Crippen molar-refractivity contribution in [2.24, 2.45) is 0 Å². The van der Waals surface area contributed by atoms with Crippen LogP contribution in [0.2, 0.25) is 0 Å². The number of para-hydroxylation sites is 2.